The van der Waals surface area contributed by atoms with Crippen LogP contribution in [0.3, 0.4) is 0 Å². The number of pyridine rings is 1. The van der Waals surface area contributed by atoms with Crippen molar-refractivity contribution in [2.24, 2.45) is 5.92 Å². The lowest BCUT2D eigenvalue weighted by atomic mass is 10.1. The molecule has 1 fully saturated rings. The monoisotopic (exact) mass is 254 g/mol. The number of nitrogens with one attached hydrogen (secondary N) is 1. The summed E-state index contributed by atoms with van der Waals surface area (Å²) in [6.45, 7) is 4.16. The topological polar surface area (TPSA) is 24.9 Å². The average Bonchev–Trinajstić information content (AvgIpc) is 3.22. The molecule has 0 unspecified atom stereocenters. The van der Waals surface area contributed by atoms with E-state index in [0.29, 0.717) is 0 Å². The largest absolute Gasteiger partial charge is 0.313 e. The molecule has 1 N–H and O–H groups in total. The lowest BCUT2D eigenvalue weighted by Crippen LogP contribution is -2.15. The highest BCUT2D eigenvalue weighted by molar-refractivity contribution is 5.82. The first-order valence-corrected chi connectivity index (χ1v) is 7.39. The zero-order valence-corrected chi connectivity index (χ0v) is 11.7. The van der Waals surface area contributed by atoms with Crippen molar-refractivity contribution in [3.05, 3.63) is 41.6 Å². The maximum atomic E-state index is 4.58. The molecule has 0 spiro atoms. The van der Waals surface area contributed by atoms with Crippen LogP contribution in [0.2, 0.25) is 0 Å². The first-order valence-electron chi connectivity index (χ1n) is 7.39. The normalized spacial score (nSPS) is 15.0. The molecule has 0 saturated heterocycles. The van der Waals surface area contributed by atoms with Crippen LogP contribution in [0.4, 0.5) is 0 Å². The fourth-order valence-electron chi connectivity index (χ4n) is 2.69. The number of para-hydroxylation sites is 1. The number of hydrogen-bond donors (Lipinski definition) is 1. The van der Waals surface area contributed by atoms with Gasteiger partial charge in [-0.3, -0.25) is 4.98 Å². The fraction of sp³-hybridized carbons (Fsp3) is 0.471. The quantitative estimate of drug-likeness (QED) is 0.793. The van der Waals surface area contributed by atoms with Gasteiger partial charge in [0.1, 0.15) is 0 Å². The number of aromatic nitrogens is 1. The van der Waals surface area contributed by atoms with Crippen LogP contribution in [0.1, 0.15) is 36.9 Å². The average molecular weight is 254 g/mol. The predicted molar refractivity (Wildman–Crippen MR) is 80.1 cm³/mol. The molecule has 3 rings (SSSR count). The van der Waals surface area contributed by atoms with Gasteiger partial charge in [0.2, 0.25) is 0 Å². The second-order valence-corrected chi connectivity index (χ2v) is 5.70. The Hall–Kier alpha value is -1.41. The van der Waals surface area contributed by atoms with Crippen molar-refractivity contribution in [3.8, 4) is 0 Å². The van der Waals surface area contributed by atoms with Gasteiger partial charge in [-0.2, -0.15) is 0 Å². The maximum absolute atomic E-state index is 4.58. The molecule has 1 heterocycles. The molecule has 0 bridgehead atoms. The molecule has 2 heteroatoms. The van der Waals surface area contributed by atoms with Gasteiger partial charge in [0.15, 0.2) is 0 Å². The van der Waals surface area contributed by atoms with E-state index in [2.05, 4.69) is 47.6 Å². The van der Waals surface area contributed by atoms with Gasteiger partial charge in [-0.15, -0.1) is 0 Å². The van der Waals surface area contributed by atoms with Crippen molar-refractivity contribution in [2.45, 2.75) is 39.2 Å². The third kappa shape index (κ3) is 3.32. The van der Waals surface area contributed by atoms with Crippen LogP contribution in [-0.2, 0) is 6.54 Å². The third-order valence-corrected chi connectivity index (χ3v) is 3.91. The highest BCUT2D eigenvalue weighted by atomic mass is 14.8. The lowest BCUT2D eigenvalue weighted by molar-refractivity contribution is 0.595. The molecule has 1 saturated carbocycles. The van der Waals surface area contributed by atoms with Gasteiger partial charge in [0.05, 0.1) is 5.52 Å². The van der Waals surface area contributed by atoms with E-state index >= 15 is 0 Å². The summed E-state index contributed by atoms with van der Waals surface area (Å²) in [7, 11) is 0. The number of benzene rings is 1. The molecule has 0 radical (unpaired) electrons. The Morgan fingerprint density at radius 1 is 1.26 bits per heavy atom. The van der Waals surface area contributed by atoms with Crippen LogP contribution in [0.25, 0.3) is 10.9 Å². The Labute approximate surface area is 115 Å². The summed E-state index contributed by atoms with van der Waals surface area (Å²) in [6, 6.07) is 10.6. The van der Waals surface area contributed by atoms with Crippen LogP contribution in [-0.4, -0.2) is 11.5 Å². The number of rotatable bonds is 6. The van der Waals surface area contributed by atoms with Crippen molar-refractivity contribution in [1.82, 2.24) is 10.3 Å². The summed E-state index contributed by atoms with van der Waals surface area (Å²) in [5.74, 6) is 1.05. The molecule has 0 amide bonds. The van der Waals surface area contributed by atoms with Crippen molar-refractivity contribution in [3.63, 3.8) is 0 Å². The summed E-state index contributed by atoms with van der Waals surface area (Å²) in [6.07, 6.45) is 5.65. The Balaban J connectivity index is 1.62. The van der Waals surface area contributed by atoms with E-state index < -0.39 is 0 Å². The number of nitrogens with zero attached hydrogens (tertiary/aromatic N) is 1. The molecular weight excluding hydrogens is 232 g/mol. The molecule has 0 atom stereocenters. The van der Waals surface area contributed by atoms with Crippen LogP contribution >= 0.6 is 0 Å². The SMILES string of the molecule is Cc1cc(CNCCCC2CC2)c2ccccc2n1. The molecule has 1 aromatic heterocycles. The van der Waals surface area contributed by atoms with Gasteiger partial charge in [-0.05, 0) is 49.9 Å². The van der Waals surface area contributed by atoms with Crippen molar-refractivity contribution >= 4 is 10.9 Å². The Kier molecular flexibility index (Phi) is 3.79. The van der Waals surface area contributed by atoms with Gasteiger partial charge in [-0.1, -0.05) is 31.0 Å². The van der Waals surface area contributed by atoms with E-state index in [1.807, 2.05) is 0 Å². The smallest absolute Gasteiger partial charge is 0.0708 e. The van der Waals surface area contributed by atoms with Gasteiger partial charge in [0.25, 0.3) is 0 Å². The van der Waals surface area contributed by atoms with E-state index in [9.17, 15) is 0 Å². The molecule has 100 valence electrons. The molecular formula is C17H22N2. The van der Waals surface area contributed by atoms with Crippen molar-refractivity contribution < 1.29 is 0 Å². The third-order valence-electron chi connectivity index (χ3n) is 3.91. The van der Waals surface area contributed by atoms with E-state index in [1.165, 1.54) is 36.6 Å². The Morgan fingerprint density at radius 3 is 2.95 bits per heavy atom. The predicted octanol–water partition coefficient (Wildman–Crippen LogP) is 3.82. The van der Waals surface area contributed by atoms with Crippen LogP contribution in [0.5, 0.6) is 0 Å². The summed E-state index contributed by atoms with van der Waals surface area (Å²) in [4.78, 5) is 4.58. The lowest BCUT2D eigenvalue weighted by Gasteiger charge is -2.09. The summed E-state index contributed by atoms with van der Waals surface area (Å²) >= 11 is 0. The molecule has 2 aromatic rings. The Morgan fingerprint density at radius 2 is 2.11 bits per heavy atom. The highest BCUT2D eigenvalue weighted by Crippen LogP contribution is 2.33. The van der Waals surface area contributed by atoms with Gasteiger partial charge >= 0.3 is 0 Å². The minimum atomic E-state index is 0.953. The van der Waals surface area contributed by atoms with Gasteiger partial charge < -0.3 is 5.32 Å². The van der Waals surface area contributed by atoms with Crippen molar-refractivity contribution in [1.29, 1.82) is 0 Å². The summed E-state index contributed by atoms with van der Waals surface area (Å²) in [5.41, 5.74) is 3.58. The maximum Gasteiger partial charge on any atom is 0.0708 e. The molecule has 2 nitrogen and oxygen atoms in total. The fourth-order valence-corrected chi connectivity index (χ4v) is 2.69. The molecule has 1 aliphatic carbocycles. The highest BCUT2D eigenvalue weighted by Gasteiger charge is 2.19. The van der Waals surface area contributed by atoms with Crippen LogP contribution in [0, 0.1) is 12.8 Å². The zero-order chi connectivity index (χ0) is 13.1. The minimum absolute atomic E-state index is 0.953. The van der Waals surface area contributed by atoms with Gasteiger partial charge in [-0.25, -0.2) is 0 Å². The van der Waals surface area contributed by atoms with E-state index in [1.54, 1.807) is 0 Å². The number of aryl methyl sites for hydroxylation is 1. The number of hydrogen-bond acceptors (Lipinski definition) is 2. The first-order chi connectivity index (χ1) is 9.33. The first kappa shape index (κ1) is 12.6. The summed E-state index contributed by atoms with van der Waals surface area (Å²) < 4.78 is 0. The van der Waals surface area contributed by atoms with Crippen LogP contribution in [0.15, 0.2) is 30.3 Å². The molecule has 1 aliphatic rings. The number of fused-ring (bicyclic) bond motifs is 1. The van der Waals surface area contributed by atoms with Gasteiger partial charge in [0, 0.05) is 17.6 Å². The standard InChI is InChI=1S/C17H22N2/c1-13-11-15(12-18-10-4-5-14-8-9-14)16-6-2-3-7-17(16)19-13/h2-3,6-7,11,14,18H,4-5,8-10,12H2,1H3. The van der Waals surface area contributed by atoms with Crippen molar-refractivity contribution in [2.75, 3.05) is 6.54 Å². The molecule has 0 aliphatic heterocycles. The second-order valence-electron chi connectivity index (χ2n) is 5.70. The Bertz CT molecular complexity index is 558. The second kappa shape index (κ2) is 5.70. The molecule has 19 heavy (non-hydrogen) atoms. The van der Waals surface area contributed by atoms with E-state index in [4.69, 9.17) is 0 Å². The minimum Gasteiger partial charge on any atom is -0.313 e. The van der Waals surface area contributed by atoms with Crippen LogP contribution < -0.4 is 5.32 Å². The van der Waals surface area contributed by atoms with E-state index in [0.717, 1.165) is 30.2 Å². The van der Waals surface area contributed by atoms with E-state index in [-0.39, 0.29) is 0 Å². The summed E-state index contributed by atoms with van der Waals surface area (Å²) in [5, 5.41) is 4.86. The molecule has 1 aromatic carbocycles. The zero-order valence-electron chi connectivity index (χ0n) is 11.7.